The maximum absolute atomic E-state index is 11.6. The molecule has 0 aromatic rings. The number of carboxylic acid groups (broad SMARTS) is 1. The Balaban J connectivity index is 4.49. The first kappa shape index (κ1) is 15.0. The summed E-state index contributed by atoms with van der Waals surface area (Å²) in [7, 11) is -2.36. The monoisotopic (exact) mass is 252 g/mol. The molecule has 0 amide bonds. The number of hydrogen-bond donors (Lipinski definition) is 2. The summed E-state index contributed by atoms with van der Waals surface area (Å²) in [5.41, 5.74) is 0. The predicted molar refractivity (Wildman–Crippen MR) is 58.2 cm³/mol. The third-order valence-electron chi connectivity index (χ3n) is 1.57. The van der Waals surface area contributed by atoms with E-state index >= 15 is 0 Å². The summed E-state index contributed by atoms with van der Waals surface area (Å²) in [6.07, 6.45) is 1.32. The average molecular weight is 252 g/mol. The molecule has 0 bridgehead atoms. The molecule has 0 aliphatic heterocycles. The lowest BCUT2D eigenvalue weighted by molar-refractivity contribution is -0.137. The number of methoxy groups -OCH3 is 1. The van der Waals surface area contributed by atoms with Crippen LogP contribution in [-0.4, -0.2) is 57.1 Å². The molecule has 0 spiro atoms. The highest BCUT2D eigenvalue weighted by Gasteiger charge is 2.22. The molecule has 0 aliphatic carbocycles. The SMILES string of the molecule is C=CCN(CC(=O)O)S(=O)(=O)NCCOC. The molecule has 0 rings (SSSR count). The summed E-state index contributed by atoms with van der Waals surface area (Å²) in [5.74, 6) is -1.22. The maximum Gasteiger partial charge on any atom is 0.318 e. The van der Waals surface area contributed by atoms with Gasteiger partial charge in [0.05, 0.1) is 6.61 Å². The lowest BCUT2D eigenvalue weighted by atomic mass is 10.6. The van der Waals surface area contributed by atoms with Crippen LogP contribution in [0.5, 0.6) is 0 Å². The van der Waals surface area contributed by atoms with Gasteiger partial charge in [0.15, 0.2) is 0 Å². The molecule has 0 saturated heterocycles. The van der Waals surface area contributed by atoms with E-state index in [-0.39, 0.29) is 19.7 Å². The Hall–Kier alpha value is -0.960. The zero-order valence-corrected chi connectivity index (χ0v) is 9.87. The number of carboxylic acids is 1. The number of aliphatic carboxylic acids is 1. The van der Waals surface area contributed by atoms with Gasteiger partial charge >= 0.3 is 5.97 Å². The van der Waals surface area contributed by atoms with Gasteiger partial charge in [-0.25, -0.2) is 0 Å². The Kier molecular flexibility index (Phi) is 6.90. The van der Waals surface area contributed by atoms with Crippen LogP contribution < -0.4 is 4.72 Å². The van der Waals surface area contributed by atoms with Crippen molar-refractivity contribution in [3.8, 4) is 0 Å². The smallest absolute Gasteiger partial charge is 0.318 e. The first-order valence-corrected chi connectivity index (χ1v) is 5.94. The van der Waals surface area contributed by atoms with E-state index in [0.29, 0.717) is 0 Å². The van der Waals surface area contributed by atoms with Crippen molar-refractivity contribution in [1.82, 2.24) is 9.03 Å². The van der Waals surface area contributed by atoms with Crippen molar-refractivity contribution in [2.45, 2.75) is 0 Å². The van der Waals surface area contributed by atoms with Gasteiger partial charge in [-0.15, -0.1) is 6.58 Å². The molecule has 8 heteroatoms. The molecule has 94 valence electrons. The van der Waals surface area contributed by atoms with Crippen LogP contribution in [0.2, 0.25) is 0 Å². The van der Waals surface area contributed by atoms with E-state index in [2.05, 4.69) is 16.0 Å². The molecule has 2 N–H and O–H groups in total. The second-order valence-electron chi connectivity index (χ2n) is 2.87. The van der Waals surface area contributed by atoms with Crippen LogP contribution in [0.4, 0.5) is 0 Å². The Morgan fingerprint density at radius 2 is 2.25 bits per heavy atom. The van der Waals surface area contributed by atoms with Gasteiger partial charge in [-0.05, 0) is 0 Å². The number of ether oxygens (including phenoxy) is 1. The van der Waals surface area contributed by atoms with Gasteiger partial charge in [0.2, 0.25) is 0 Å². The molecule has 0 radical (unpaired) electrons. The maximum atomic E-state index is 11.6. The number of hydrogen-bond acceptors (Lipinski definition) is 4. The van der Waals surface area contributed by atoms with Gasteiger partial charge in [0.25, 0.3) is 10.2 Å². The molecule has 0 aromatic heterocycles. The summed E-state index contributed by atoms with van der Waals surface area (Å²) >= 11 is 0. The average Bonchev–Trinajstić information content (AvgIpc) is 2.16. The normalized spacial score (nSPS) is 11.6. The molecular weight excluding hydrogens is 236 g/mol. The first-order chi connectivity index (χ1) is 7.44. The van der Waals surface area contributed by atoms with Crippen molar-refractivity contribution >= 4 is 16.2 Å². The van der Waals surface area contributed by atoms with Crippen LogP contribution in [0.1, 0.15) is 0 Å². The Labute approximate surface area is 94.9 Å². The topological polar surface area (TPSA) is 95.9 Å². The molecule has 0 aromatic carbocycles. The van der Waals surface area contributed by atoms with Gasteiger partial charge in [0.1, 0.15) is 6.54 Å². The van der Waals surface area contributed by atoms with Gasteiger partial charge in [-0.3, -0.25) is 4.79 Å². The highest BCUT2D eigenvalue weighted by molar-refractivity contribution is 7.87. The van der Waals surface area contributed by atoms with E-state index in [4.69, 9.17) is 5.11 Å². The molecule has 0 fully saturated rings. The number of nitrogens with one attached hydrogen (secondary N) is 1. The summed E-state index contributed by atoms with van der Waals surface area (Å²) in [6.45, 7) is 3.01. The minimum Gasteiger partial charge on any atom is -0.480 e. The molecule has 0 atom stereocenters. The predicted octanol–water partition coefficient (Wildman–Crippen LogP) is -0.960. The van der Waals surface area contributed by atoms with E-state index < -0.39 is 22.7 Å². The van der Waals surface area contributed by atoms with Gasteiger partial charge in [-0.1, -0.05) is 6.08 Å². The second-order valence-corrected chi connectivity index (χ2v) is 4.62. The Morgan fingerprint density at radius 1 is 1.62 bits per heavy atom. The summed E-state index contributed by atoms with van der Waals surface area (Å²) in [5, 5.41) is 8.55. The van der Waals surface area contributed by atoms with E-state index in [1.165, 1.54) is 13.2 Å². The third kappa shape index (κ3) is 5.81. The summed E-state index contributed by atoms with van der Waals surface area (Å²) in [6, 6.07) is 0. The number of carbonyl (C=O) groups is 1. The van der Waals surface area contributed by atoms with Crippen LogP contribution in [0.25, 0.3) is 0 Å². The highest BCUT2D eigenvalue weighted by Crippen LogP contribution is 1.97. The first-order valence-electron chi connectivity index (χ1n) is 4.50. The van der Waals surface area contributed by atoms with Crippen LogP contribution in [0, 0.1) is 0 Å². The van der Waals surface area contributed by atoms with Gasteiger partial charge in [0, 0.05) is 20.2 Å². The fourth-order valence-electron chi connectivity index (χ4n) is 0.907. The zero-order chi connectivity index (χ0) is 12.6. The molecule has 0 unspecified atom stereocenters. The zero-order valence-electron chi connectivity index (χ0n) is 9.05. The van der Waals surface area contributed by atoms with Crippen molar-refractivity contribution in [2.75, 3.05) is 33.4 Å². The van der Waals surface area contributed by atoms with E-state index in [1.54, 1.807) is 0 Å². The van der Waals surface area contributed by atoms with Gasteiger partial charge < -0.3 is 9.84 Å². The molecule has 16 heavy (non-hydrogen) atoms. The fraction of sp³-hybridized carbons (Fsp3) is 0.625. The van der Waals surface area contributed by atoms with Crippen molar-refractivity contribution in [3.05, 3.63) is 12.7 Å². The lowest BCUT2D eigenvalue weighted by Crippen LogP contribution is -2.44. The van der Waals surface area contributed by atoms with Crippen molar-refractivity contribution < 1.29 is 23.1 Å². The Morgan fingerprint density at radius 3 is 2.69 bits per heavy atom. The minimum atomic E-state index is -3.80. The second kappa shape index (κ2) is 7.34. The van der Waals surface area contributed by atoms with Crippen LogP contribution in [-0.2, 0) is 19.7 Å². The Bertz CT molecular complexity index is 327. The van der Waals surface area contributed by atoms with Crippen molar-refractivity contribution in [2.24, 2.45) is 0 Å². The van der Waals surface area contributed by atoms with Crippen LogP contribution in [0.3, 0.4) is 0 Å². The quantitative estimate of drug-likeness (QED) is 0.407. The van der Waals surface area contributed by atoms with Crippen LogP contribution >= 0.6 is 0 Å². The summed E-state index contributed by atoms with van der Waals surface area (Å²) in [4.78, 5) is 10.5. The highest BCUT2D eigenvalue weighted by atomic mass is 32.2. The summed E-state index contributed by atoms with van der Waals surface area (Å²) < 4.78 is 30.8. The van der Waals surface area contributed by atoms with Crippen molar-refractivity contribution in [1.29, 1.82) is 0 Å². The van der Waals surface area contributed by atoms with E-state index in [0.717, 1.165) is 4.31 Å². The molecule has 0 aliphatic rings. The van der Waals surface area contributed by atoms with Crippen molar-refractivity contribution in [3.63, 3.8) is 0 Å². The molecule has 0 saturated carbocycles. The molecular formula is C8H16N2O5S. The molecule has 0 heterocycles. The fourth-order valence-corrected chi connectivity index (χ4v) is 2.01. The largest absolute Gasteiger partial charge is 0.480 e. The van der Waals surface area contributed by atoms with E-state index in [9.17, 15) is 13.2 Å². The van der Waals surface area contributed by atoms with Crippen LogP contribution in [0.15, 0.2) is 12.7 Å². The number of nitrogens with zero attached hydrogens (tertiary/aromatic N) is 1. The number of rotatable bonds is 9. The lowest BCUT2D eigenvalue weighted by Gasteiger charge is -2.18. The van der Waals surface area contributed by atoms with E-state index in [1.807, 2.05) is 0 Å². The molecule has 7 nitrogen and oxygen atoms in total. The standard InChI is InChI=1S/C8H16N2O5S/c1-3-5-10(7-8(11)12)16(13,14)9-4-6-15-2/h3,9H,1,4-7H2,2H3,(H,11,12). The minimum absolute atomic E-state index is 0.0609. The third-order valence-corrected chi connectivity index (χ3v) is 3.10. The van der Waals surface area contributed by atoms with Gasteiger partial charge in [-0.2, -0.15) is 17.4 Å².